The number of aromatic nitrogens is 2. The van der Waals surface area contributed by atoms with Crippen LogP contribution in [0.25, 0.3) is 0 Å². The zero-order chi connectivity index (χ0) is 13.0. The van der Waals surface area contributed by atoms with Crippen LogP contribution in [0.5, 0.6) is 5.75 Å². The first-order chi connectivity index (χ1) is 8.70. The molecule has 6 heteroatoms. The molecule has 0 atom stereocenters. The Balaban J connectivity index is 0.00000180. The Bertz CT molecular complexity index is 530. The second-order valence-electron chi connectivity index (χ2n) is 4.08. The molecule has 0 spiro atoms. The van der Waals surface area contributed by atoms with Crippen molar-refractivity contribution in [2.24, 2.45) is 0 Å². The number of anilines is 1. The fourth-order valence-corrected chi connectivity index (χ4v) is 1.79. The third kappa shape index (κ3) is 3.86. The third-order valence-electron chi connectivity index (χ3n) is 2.79. The van der Waals surface area contributed by atoms with Gasteiger partial charge < -0.3 is 10.4 Å². The lowest BCUT2D eigenvalue weighted by atomic mass is 10.2. The lowest BCUT2D eigenvalue weighted by molar-refractivity contribution is 0.423. The fourth-order valence-electron chi connectivity index (χ4n) is 1.79. The Hall–Kier alpha value is -1.75. The first-order valence-electron chi connectivity index (χ1n) is 5.81. The van der Waals surface area contributed by atoms with Crippen LogP contribution in [-0.4, -0.2) is 21.6 Å². The minimum atomic E-state index is -0.422. The summed E-state index contributed by atoms with van der Waals surface area (Å²) >= 11 is 0. The van der Waals surface area contributed by atoms with Crippen LogP contribution in [0.15, 0.2) is 30.5 Å². The van der Waals surface area contributed by atoms with Crippen LogP contribution >= 0.6 is 12.4 Å². The quantitative estimate of drug-likeness (QED) is 0.888. The summed E-state index contributed by atoms with van der Waals surface area (Å²) in [5, 5.41) is 16.7. The molecule has 0 fully saturated rings. The summed E-state index contributed by atoms with van der Waals surface area (Å²) in [4.78, 5) is 0. The van der Waals surface area contributed by atoms with Crippen molar-refractivity contribution < 1.29 is 9.50 Å². The highest BCUT2D eigenvalue weighted by Gasteiger charge is 2.05. The van der Waals surface area contributed by atoms with Gasteiger partial charge in [-0.1, -0.05) is 12.1 Å². The van der Waals surface area contributed by atoms with E-state index in [0.717, 1.165) is 16.9 Å². The van der Waals surface area contributed by atoms with E-state index in [0.29, 0.717) is 6.54 Å². The van der Waals surface area contributed by atoms with E-state index in [1.54, 1.807) is 29.1 Å². The van der Waals surface area contributed by atoms with Gasteiger partial charge in [0.15, 0.2) is 0 Å². The van der Waals surface area contributed by atoms with Crippen molar-refractivity contribution in [1.29, 1.82) is 0 Å². The summed E-state index contributed by atoms with van der Waals surface area (Å²) in [6.07, 6.45) is 1.69. The van der Waals surface area contributed by atoms with Gasteiger partial charge in [0.25, 0.3) is 0 Å². The molecule has 0 aliphatic heterocycles. The van der Waals surface area contributed by atoms with Crippen LogP contribution in [0.1, 0.15) is 11.3 Å². The maximum Gasteiger partial charge on any atom is 0.115 e. The predicted octanol–water partition coefficient (Wildman–Crippen LogP) is 2.90. The Labute approximate surface area is 117 Å². The molecule has 0 amide bonds. The van der Waals surface area contributed by atoms with Gasteiger partial charge in [-0.15, -0.1) is 12.4 Å². The molecule has 4 nitrogen and oxygen atoms in total. The van der Waals surface area contributed by atoms with E-state index in [4.69, 9.17) is 0 Å². The molecule has 104 valence electrons. The molecule has 1 heterocycles. The van der Waals surface area contributed by atoms with E-state index < -0.39 is 6.67 Å². The number of aryl methyl sites for hydroxylation is 1. The van der Waals surface area contributed by atoms with E-state index in [9.17, 15) is 9.50 Å². The molecule has 0 saturated carbocycles. The Kier molecular flexibility index (Phi) is 5.63. The lowest BCUT2D eigenvalue weighted by Crippen LogP contribution is -2.05. The van der Waals surface area contributed by atoms with Gasteiger partial charge in [0.1, 0.15) is 12.4 Å². The number of rotatable bonds is 5. The number of nitrogens with one attached hydrogen (secondary N) is 1. The van der Waals surface area contributed by atoms with Crippen LogP contribution in [-0.2, 0) is 13.1 Å². The molecule has 2 aromatic rings. The van der Waals surface area contributed by atoms with Gasteiger partial charge in [-0.3, -0.25) is 4.68 Å². The highest BCUT2D eigenvalue weighted by Crippen LogP contribution is 2.16. The molecule has 0 aliphatic carbocycles. The topological polar surface area (TPSA) is 50.1 Å². The van der Waals surface area contributed by atoms with Gasteiger partial charge in [0.05, 0.1) is 24.1 Å². The average molecular weight is 286 g/mol. The molecule has 0 saturated heterocycles. The number of hydrogen-bond acceptors (Lipinski definition) is 3. The minimum Gasteiger partial charge on any atom is -0.508 e. The second-order valence-corrected chi connectivity index (χ2v) is 4.08. The summed E-state index contributed by atoms with van der Waals surface area (Å²) in [5.41, 5.74) is 2.77. The van der Waals surface area contributed by atoms with Crippen molar-refractivity contribution in [3.05, 3.63) is 41.7 Å². The maximum atomic E-state index is 12.3. The number of phenols is 1. The summed E-state index contributed by atoms with van der Waals surface area (Å²) < 4.78 is 13.9. The van der Waals surface area contributed by atoms with Crippen LogP contribution in [0.3, 0.4) is 0 Å². The van der Waals surface area contributed by atoms with Crippen LogP contribution in [0.2, 0.25) is 0 Å². The molecular formula is C13H17ClFN3O. The molecular weight excluding hydrogens is 269 g/mol. The number of halogens is 2. The zero-order valence-electron chi connectivity index (χ0n) is 10.6. The fraction of sp³-hybridized carbons (Fsp3) is 0.308. The third-order valence-corrected chi connectivity index (χ3v) is 2.79. The van der Waals surface area contributed by atoms with Crippen LogP contribution < -0.4 is 5.32 Å². The van der Waals surface area contributed by atoms with Crippen molar-refractivity contribution in [2.45, 2.75) is 20.0 Å². The van der Waals surface area contributed by atoms with Crippen molar-refractivity contribution in [2.75, 3.05) is 12.0 Å². The number of phenolic OH excluding ortho intramolecular Hbond substituents is 1. The first kappa shape index (κ1) is 15.3. The number of alkyl halides is 1. The Morgan fingerprint density at radius 3 is 2.89 bits per heavy atom. The first-order valence-corrected chi connectivity index (χ1v) is 5.81. The highest BCUT2D eigenvalue weighted by atomic mass is 35.5. The molecule has 1 aromatic heterocycles. The second kappa shape index (κ2) is 6.99. The van der Waals surface area contributed by atoms with Gasteiger partial charge in [-0.2, -0.15) is 5.10 Å². The van der Waals surface area contributed by atoms with E-state index in [-0.39, 0.29) is 24.7 Å². The molecule has 0 bridgehead atoms. The van der Waals surface area contributed by atoms with Crippen molar-refractivity contribution in [3.63, 3.8) is 0 Å². The van der Waals surface area contributed by atoms with Crippen LogP contribution in [0, 0.1) is 6.92 Å². The predicted molar refractivity (Wildman–Crippen MR) is 75.6 cm³/mol. The van der Waals surface area contributed by atoms with Gasteiger partial charge >= 0.3 is 0 Å². The standard InChI is InChI=1S/C13H16FN3O.ClH/c1-10-13(9-16-17(10)6-5-14)15-8-11-3-2-4-12(18)7-11;/h2-4,7,9,15,18H,5-6,8H2,1H3;1H. The number of aromatic hydroxyl groups is 1. The van der Waals surface area contributed by atoms with Gasteiger partial charge in [0, 0.05) is 6.54 Å². The van der Waals surface area contributed by atoms with E-state index in [1.807, 2.05) is 13.0 Å². The molecule has 2 rings (SSSR count). The number of benzene rings is 1. The SMILES string of the molecule is Cc1c(NCc2cccc(O)c2)cnn1CCF.Cl. The van der Waals surface area contributed by atoms with Crippen LogP contribution in [0.4, 0.5) is 10.1 Å². The van der Waals surface area contributed by atoms with E-state index in [2.05, 4.69) is 10.4 Å². The molecule has 1 aromatic carbocycles. The van der Waals surface area contributed by atoms with Crippen molar-refractivity contribution in [3.8, 4) is 5.75 Å². The average Bonchev–Trinajstić information content (AvgIpc) is 2.69. The van der Waals surface area contributed by atoms with Crippen molar-refractivity contribution in [1.82, 2.24) is 9.78 Å². The Morgan fingerprint density at radius 1 is 1.42 bits per heavy atom. The minimum absolute atomic E-state index is 0. The summed E-state index contributed by atoms with van der Waals surface area (Å²) in [6.45, 7) is 2.35. The summed E-state index contributed by atoms with van der Waals surface area (Å²) in [7, 11) is 0. The molecule has 19 heavy (non-hydrogen) atoms. The maximum absolute atomic E-state index is 12.3. The molecule has 0 radical (unpaired) electrons. The van der Waals surface area contributed by atoms with Gasteiger partial charge in [0.2, 0.25) is 0 Å². The van der Waals surface area contributed by atoms with E-state index >= 15 is 0 Å². The zero-order valence-corrected chi connectivity index (χ0v) is 11.5. The van der Waals surface area contributed by atoms with Gasteiger partial charge in [-0.05, 0) is 24.6 Å². The monoisotopic (exact) mass is 285 g/mol. The molecule has 0 aliphatic rings. The summed E-state index contributed by atoms with van der Waals surface area (Å²) in [6, 6.07) is 7.06. The van der Waals surface area contributed by atoms with E-state index in [1.165, 1.54) is 0 Å². The number of nitrogens with zero attached hydrogens (tertiary/aromatic N) is 2. The molecule has 2 N–H and O–H groups in total. The highest BCUT2D eigenvalue weighted by molar-refractivity contribution is 5.85. The lowest BCUT2D eigenvalue weighted by Gasteiger charge is -2.07. The Morgan fingerprint density at radius 2 is 2.21 bits per heavy atom. The van der Waals surface area contributed by atoms with Gasteiger partial charge in [-0.25, -0.2) is 4.39 Å². The number of hydrogen-bond donors (Lipinski definition) is 2. The van der Waals surface area contributed by atoms with Crippen molar-refractivity contribution >= 4 is 18.1 Å². The largest absolute Gasteiger partial charge is 0.508 e. The normalized spacial score (nSPS) is 10.0. The molecule has 0 unspecified atom stereocenters. The summed E-state index contributed by atoms with van der Waals surface area (Å²) in [5.74, 6) is 0.249. The smallest absolute Gasteiger partial charge is 0.115 e.